The molecule has 0 N–H and O–H groups in total. The summed E-state index contributed by atoms with van der Waals surface area (Å²) in [6.07, 6.45) is 0.325. The highest BCUT2D eigenvalue weighted by atomic mass is 16.7. The molecule has 5 rings (SSSR count). The molecule has 0 bridgehead atoms. The predicted octanol–water partition coefficient (Wildman–Crippen LogP) is 5.69. The summed E-state index contributed by atoms with van der Waals surface area (Å²) in [6, 6.07) is 24.9. The fourth-order valence-electron chi connectivity index (χ4n) is 3.21. The largest absolute Gasteiger partial charge is 0.457 e. The van der Waals surface area contributed by atoms with Crippen LogP contribution in [0.5, 0.6) is 17.2 Å². The molecule has 0 radical (unpaired) electrons. The number of rotatable bonds is 5. The maximum absolute atomic E-state index is 5.91. The van der Waals surface area contributed by atoms with E-state index in [2.05, 4.69) is 15.4 Å². The molecule has 0 unspecified atom stereocenters. The maximum Gasteiger partial charge on any atom is 0.247 e. The van der Waals surface area contributed by atoms with E-state index in [0.717, 1.165) is 22.6 Å². The van der Waals surface area contributed by atoms with Crippen molar-refractivity contribution in [2.24, 2.45) is 5.16 Å². The van der Waals surface area contributed by atoms with Crippen LogP contribution in [0.15, 0.2) is 88.4 Å². The normalized spacial score (nSPS) is 15.3. The minimum Gasteiger partial charge on any atom is -0.457 e. The first-order chi connectivity index (χ1) is 15.2. The van der Waals surface area contributed by atoms with Crippen molar-refractivity contribution in [3.63, 3.8) is 0 Å². The quantitative estimate of drug-likeness (QED) is 0.418. The van der Waals surface area contributed by atoms with E-state index in [9.17, 15) is 0 Å². The van der Waals surface area contributed by atoms with Gasteiger partial charge in [-0.2, -0.15) is 0 Å². The number of ether oxygens (including phenoxy) is 2. The third kappa shape index (κ3) is 4.40. The van der Waals surface area contributed by atoms with Crippen LogP contribution in [0, 0.1) is 6.92 Å². The second kappa shape index (κ2) is 8.31. The van der Waals surface area contributed by atoms with E-state index in [1.54, 1.807) is 6.92 Å². The first-order valence-electron chi connectivity index (χ1n) is 9.87. The molecule has 7 heteroatoms. The Morgan fingerprint density at radius 2 is 1.58 bits per heavy atom. The van der Waals surface area contributed by atoms with Crippen LogP contribution in [0.3, 0.4) is 0 Å². The van der Waals surface area contributed by atoms with E-state index in [-0.39, 0.29) is 6.10 Å². The highest BCUT2D eigenvalue weighted by Crippen LogP contribution is 2.31. The topological polar surface area (TPSA) is 79.0 Å². The Labute approximate surface area is 178 Å². The van der Waals surface area contributed by atoms with Gasteiger partial charge in [0.05, 0.1) is 6.42 Å². The number of aryl methyl sites for hydroxylation is 1. The van der Waals surface area contributed by atoms with Crippen molar-refractivity contribution < 1.29 is 18.7 Å². The summed E-state index contributed by atoms with van der Waals surface area (Å²) in [6.45, 7) is 1.75. The molecule has 0 spiro atoms. The van der Waals surface area contributed by atoms with Crippen LogP contribution >= 0.6 is 0 Å². The third-order valence-corrected chi connectivity index (χ3v) is 4.72. The molecule has 0 amide bonds. The Bertz CT molecular complexity index is 1200. The summed E-state index contributed by atoms with van der Waals surface area (Å²) >= 11 is 0. The van der Waals surface area contributed by atoms with Crippen molar-refractivity contribution in [2.75, 3.05) is 0 Å². The van der Waals surface area contributed by atoms with E-state index in [1.165, 1.54) is 0 Å². The van der Waals surface area contributed by atoms with Crippen LogP contribution in [0.4, 0.5) is 0 Å². The van der Waals surface area contributed by atoms with Crippen LogP contribution in [0.2, 0.25) is 0 Å². The van der Waals surface area contributed by atoms with Crippen molar-refractivity contribution in [3.8, 4) is 28.7 Å². The predicted molar refractivity (Wildman–Crippen MR) is 114 cm³/mol. The van der Waals surface area contributed by atoms with Gasteiger partial charge in [0.2, 0.25) is 17.7 Å². The molecule has 0 aliphatic carbocycles. The van der Waals surface area contributed by atoms with Gasteiger partial charge in [0.1, 0.15) is 17.2 Å². The molecule has 1 aliphatic rings. The minimum absolute atomic E-state index is 0.206. The maximum atomic E-state index is 5.91. The third-order valence-electron chi connectivity index (χ3n) is 4.72. The summed E-state index contributed by atoms with van der Waals surface area (Å²) in [7, 11) is 0. The molecular formula is C24H19N3O4. The first kappa shape index (κ1) is 18.9. The van der Waals surface area contributed by atoms with Gasteiger partial charge in [-0.15, -0.1) is 10.2 Å². The van der Waals surface area contributed by atoms with E-state index in [1.807, 2.05) is 78.9 Å². The number of aromatic nitrogens is 2. The Morgan fingerprint density at radius 1 is 0.806 bits per heavy atom. The molecule has 1 aromatic heterocycles. The van der Waals surface area contributed by atoms with Gasteiger partial charge in [0.15, 0.2) is 6.10 Å². The van der Waals surface area contributed by atoms with Gasteiger partial charge < -0.3 is 18.7 Å². The lowest BCUT2D eigenvalue weighted by Gasteiger charge is -2.10. The first-order valence-corrected chi connectivity index (χ1v) is 9.87. The number of hydrogen-bond acceptors (Lipinski definition) is 7. The molecule has 31 heavy (non-hydrogen) atoms. The summed E-state index contributed by atoms with van der Waals surface area (Å²) < 4.78 is 17.2. The van der Waals surface area contributed by atoms with Gasteiger partial charge in [-0.05, 0) is 48.0 Å². The second-order valence-electron chi connectivity index (χ2n) is 7.02. The molecule has 154 valence electrons. The van der Waals surface area contributed by atoms with E-state index >= 15 is 0 Å². The SMILES string of the molecule is Cc1nnc(-c2cccc(OC3=NO[C@H](c4ccc(Oc5ccccc5)cc4)C3)c2)o1. The lowest BCUT2D eigenvalue weighted by molar-refractivity contribution is 0.0855. The van der Waals surface area contributed by atoms with Crippen LogP contribution in [-0.2, 0) is 4.84 Å². The van der Waals surface area contributed by atoms with Crippen molar-refractivity contribution in [1.29, 1.82) is 0 Å². The summed E-state index contributed by atoms with van der Waals surface area (Å²) in [5, 5.41) is 12.0. The summed E-state index contributed by atoms with van der Waals surface area (Å²) in [5.41, 5.74) is 1.78. The highest BCUT2D eigenvalue weighted by Gasteiger charge is 2.25. The molecule has 7 nitrogen and oxygen atoms in total. The Hall–Kier alpha value is -4.13. The van der Waals surface area contributed by atoms with Crippen molar-refractivity contribution in [2.45, 2.75) is 19.4 Å². The van der Waals surface area contributed by atoms with E-state index in [4.69, 9.17) is 18.7 Å². The molecule has 0 fully saturated rings. The summed E-state index contributed by atoms with van der Waals surface area (Å²) in [4.78, 5) is 5.58. The highest BCUT2D eigenvalue weighted by molar-refractivity contribution is 5.80. The Morgan fingerprint density at radius 3 is 2.35 bits per heavy atom. The monoisotopic (exact) mass is 413 g/mol. The van der Waals surface area contributed by atoms with Crippen LogP contribution in [0.1, 0.15) is 24.0 Å². The molecular weight excluding hydrogens is 394 g/mol. The zero-order valence-corrected chi connectivity index (χ0v) is 16.8. The molecule has 3 aromatic carbocycles. The average molecular weight is 413 g/mol. The van der Waals surface area contributed by atoms with Gasteiger partial charge in [0, 0.05) is 12.5 Å². The van der Waals surface area contributed by atoms with Gasteiger partial charge in [-0.3, -0.25) is 0 Å². The van der Waals surface area contributed by atoms with Gasteiger partial charge in [-0.25, -0.2) is 0 Å². The van der Waals surface area contributed by atoms with Gasteiger partial charge in [0.25, 0.3) is 0 Å². The van der Waals surface area contributed by atoms with Crippen LogP contribution < -0.4 is 9.47 Å². The number of benzene rings is 3. The van der Waals surface area contributed by atoms with Gasteiger partial charge >= 0.3 is 0 Å². The standard InChI is InChI=1S/C24H19N3O4/c1-16-25-26-24(28-16)18-6-5-9-21(14-18)30-23-15-22(31-27-23)17-10-12-20(13-11-17)29-19-7-3-2-4-8-19/h2-14,22H,15H2,1H3/t22-/m0/s1. The second-order valence-corrected chi connectivity index (χ2v) is 7.02. The van der Waals surface area contributed by atoms with Crippen molar-refractivity contribution in [1.82, 2.24) is 10.2 Å². The molecule has 0 saturated carbocycles. The number of oxime groups is 1. The summed E-state index contributed by atoms with van der Waals surface area (Å²) in [5.74, 6) is 3.65. The lowest BCUT2D eigenvalue weighted by Crippen LogP contribution is -2.07. The zero-order chi connectivity index (χ0) is 21.0. The molecule has 1 atom stereocenters. The number of hydrogen-bond donors (Lipinski definition) is 0. The molecule has 4 aromatic rings. The minimum atomic E-state index is -0.206. The Kier molecular flexibility index (Phi) is 5.06. The fraction of sp³-hybridized carbons (Fsp3) is 0.125. The number of nitrogens with zero attached hydrogens (tertiary/aromatic N) is 3. The average Bonchev–Trinajstić information content (AvgIpc) is 3.44. The number of para-hydroxylation sites is 1. The van der Waals surface area contributed by atoms with Gasteiger partial charge in [-0.1, -0.05) is 41.6 Å². The van der Waals surface area contributed by atoms with Crippen LogP contribution in [-0.4, -0.2) is 16.1 Å². The molecule has 1 aliphatic heterocycles. The van der Waals surface area contributed by atoms with E-state index in [0.29, 0.717) is 29.8 Å². The zero-order valence-electron chi connectivity index (χ0n) is 16.8. The fourth-order valence-corrected chi connectivity index (χ4v) is 3.21. The lowest BCUT2D eigenvalue weighted by atomic mass is 10.1. The van der Waals surface area contributed by atoms with Crippen LogP contribution in [0.25, 0.3) is 11.5 Å². The Balaban J connectivity index is 1.21. The van der Waals surface area contributed by atoms with Crippen molar-refractivity contribution in [3.05, 3.63) is 90.3 Å². The molecule has 2 heterocycles. The molecule has 0 saturated heterocycles. The van der Waals surface area contributed by atoms with E-state index < -0.39 is 0 Å². The van der Waals surface area contributed by atoms with Crippen molar-refractivity contribution >= 4 is 5.90 Å². The smallest absolute Gasteiger partial charge is 0.247 e.